The molecule has 1 aromatic carbocycles. The molecule has 0 aliphatic carbocycles. The number of hydrogen-bond acceptors (Lipinski definition) is 2. The fourth-order valence-corrected chi connectivity index (χ4v) is 1.88. The minimum Gasteiger partial charge on any atom is -0.308 e. The van der Waals surface area contributed by atoms with Gasteiger partial charge in [0.2, 0.25) is 0 Å². The molecular formula is C13H11ClF2N2. The van der Waals surface area contributed by atoms with E-state index >= 15 is 0 Å². The highest BCUT2D eigenvalue weighted by Crippen LogP contribution is 2.24. The summed E-state index contributed by atoms with van der Waals surface area (Å²) in [4.78, 5) is 4.11. The van der Waals surface area contributed by atoms with E-state index in [2.05, 4.69) is 10.3 Å². The minimum atomic E-state index is -0.873. The smallest absolute Gasteiger partial charge is 0.163 e. The molecule has 0 radical (unpaired) electrons. The standard InChI is InChI=1S/C13H11ClF2N2/c1-17-13(11-6-5-8(14)7-18-11)9-3-2-4-10(15)12(9)16/h2-7,13,17H,1H3. The molecule has 2 aromatic rings. The van der Waals surface area contributed by atoms with Crippen LogP contribution in [0.5, 0.6) is 0 Å². The van der Waals surface area contributed by atoms with Gasteiger partial charge in [0.15, 0.2) is 11.6 Å². The second-order valence-electron chi connectivity index (χ2n) is 3.77. The van der Waals surface area contributed by atoms with Crippen LogP contribution < -0.4 is 5.32 Å². The van der Waals surface area contributed by atoms with Crippen LogP contribution in [0.15, 0.2) is 36.5 Å². The van der Waals surface area contributed by atoms with Crippen LogP contribution in [-0.4, -0.2) is 12.0 Å². The molecule has 0 amide bonds. The van der Waals surface area contributed by atoms with Crippen LogP contribution >= 0.6 is 11.6 Å². The van der Waals surface area contributed by atoms with Crippen LogP contribution in [0.2, 0.25) is 5.02 Å². The van der Waals surface area contributed by atoms with Crippen LogP contribution in [0, 0.1) is 11.6 Å². The average molecular weight is 269 g/mol. The van der Waals surface area contributed by atoms with Crippen LogP contribution in [0.25, 0.3) is 0 Å². The maximum absolute atomic E-state index is 13.7. The molecule has 1 aromatic heterocycles. The highest BCUT2D eigenvalue weighted by molar-refractivity contribution is 6.30. The largest absolute Gasteiger partial charge is 0.308 e. The molecule has 94 valence electrons. The van der Waals surface area contributed by atoms with Gasteiger partial charge in [0.25, 0.3) is 0 Å². The zero-order valence-electron chi connectivity index (χ0n) is 9.62. The number of nitrogens with one attached hydrogen (secondary N) is 1. The third-order valence-electron chi connectivity index (χ3n) is 2.63. The number of hydrogen-bond donors (Lipinski definition) is 1. The SMILES string of the molecule is CNC(c1ccc(Cl)cn1)c1cccc(F)c1F. The van der Waals surface area contributed by atoms with E-state index in [1.165, 1.54) is 18.3 Å². The summed E-state index contributed by atoms with van der Waals surface area (Å²) in [7, 11) is 1.66. The second-order valence-corrected chi connectivity index (χ2v) is 4.20. The Morgan fingerprint density at radius 1 is 1.22 bits per heavy atom. The first-order valence-corrected chi connectivity index (χ1v) is 5.74. The Bertz CT molecular complexity index is 543. The van der Waals surface area contributed by atoms with E-state index in [-0.39, 0.29) is 5.56 Å². The van der Waals surface area contributed by atoms with Crippen LogP contribution in [-0.2, 0) is 0 Å². The molecule has 0 bridgehead atoms. The lowest BCUT2D eigenvalue weighted by atomic mass is 10.0. The first-order valence-electron chi connectivity index (χ1n) is 5.36. The Morgan fingerprint density at radius 2 is 2.00 bits per heavy atom. The molecule has 1 unspecified atom stereocenters. The maximum atomic E-state index is 13.7. The first-order chi connectivity index (χ1) is 8.63. The van der Waals surface area contributed by atoms with Gasteiger partial charge >= 0.3 is 0 Å². The highest BCUT2D eigenvalue weighted by atomic mass is 35.5. The predicted molar refractivity (Wildman–Crippen MR) is 66.5 cm³/mol. The third-order valence-corrected chi connectivity index (χ3v) is 2.85. The van der Waals surface area contributed by atoms with Crippen molar-refractivity contribution in [1.29, 1.82) is 0 Å². The molecule has 18 heavy (non-hydrogen) atoms. The predicted octanol–water partition coefficient (Wildman–Crippen LogP) is 3.32. The molecule has 0 saturated carbocycles. The van der Waals surface area contributed by atoms with Gasteiger partial charge in [0.05, 0.1) is 16.8 Å². The van der Waals surface area contributed by atoms with Crippen molar-refractivity contribution < 1.29 is 8.78 Å². The lowest BCUT2D eigenvalue weighted by Gasteiger charge is -2.17. The fourth-order valence-electron chi connectivity index (χ4n) is 1.76. The monoisotopic (exact) mass is 268 g/mol. The summed E-state index contributed by atoms with van der Waals surface area (Å²) in [5, 5.41) is 3.40. The normalized spacial score (nSPS) is 12.4. The number of benzene rings is 1. The van der Waals surface area contributed by atoms with Crippen molar-refractivity contribution >= 4 is 11.6 Å². The minimum absolute atomic E-state index is 0.215. The van der Waals surface area contributed by atoms with Gasteiger partial charge in [-0.05, 0) is 25.2 Å². The van der Waals surface area contributed by atoms with Gasteiger partial charge in [-0.2, -0.15) is 0 Å². The molecular weight excluding hydrogens is 258 g/mol. The molecule has 1 heterocycles. The summed E-state index contributed by atoms with van der Waals surface area (Å²) in [6.07, 6.45) is 1.47. The topological polar surface area (TPSA) is 24.9 Å². The van der Waals surface area contributed by atoms with Crippen molar-refractivity contribution in [2.75, 3.05) is 7.05 Å². The number of pyridine rings is 1. The average Bonchev–Trinajstić information content (AvgIpc) is 2.37. The van der Waals surface area contributed by atoms with Gasteiger partial charge < -0.3 is 5.32 Å². The van der Waals surface area contributed by atoms with E-state index in [1.54, 1.807) is 19.2 Å². The zero-order chi connectivity index (χ0) is 13.1. The van der Waals surface area contributed by atoms with Gasteiger partial charge in [-0.25, -0.2) is 8.78 Å². The van der Waals surface area contributed by atoms with Gasteiger partial charge in [0, 0.05) is 11.8 Å². The van der Waals surface area contributed by atoms with Gasteiger partial charge in [-0.1, -0.05) is 23.7 Å². The highest BCUT2D eigenvalue weighted by Gasteiger charge is 2.19. The van der Waals surface area contributed by atoms with E-state index in [0.717, 1.165) is 6.07 Å². The zero-order valence-corrected chi connectivity index (χ0v) is 10.4. The molecule has 2 rings (SSSR count). The van der Waals surface area contributed by atoms with E-state index in [0.29, 0.717) is 10.7 Å². The summed E-state index contributed by atoms with van der Waals surface area (Å²) in [6.45, 7) is 0. The lowest BCUT2D eigenvalue weighted by molar-refractivity contribution is 0.485. The van der Waals surface area contributed by atoms with Gasteiger partial charge in [-0.3, -0.25) is 4.98 Å². The molecule has 1 atom stereocenters. The van der Waals surface area contributed by atoms with Crippen molar-refractivity contribution in [3.05, 3.63) is 64.4 Å². The van der Waals surface area contributed by atoms with Crippen molar-refractivity contribution in [1.82, 2.24) is 10.3 Å². The van der Waals surface area contributed by atoms with Gasteiger partial charge in [-0.15, -0.1) is 0 Å². The number of halogens is 3. The van der Waals surface area contributed by atoms with Crippen LogP contribution in [0.4, 0.5) is 8.78 Å². The van der Waals surface area contributed by atoms with Crippen molar-refractivity contribution in [2.45, 2.75) is 6.04 Å². The quantitative estimate of drug-likeness (QED) is 0.924. The Labute approximate surface area is 109 Å². The molecule has 0 saturated heterocycles. The van der Waals surface area contributed by atoms with Crippen LogP contribution in [0.1, 0.15) is 17.3 Å². The number of nitrogens with zero attached hydrogens (tertiary/aromatic N) is 1. The van der Waals surface area contributed by atoms with Crippen molar-refractivity contribution in [2.24, 2.45) is 0 Å². The van der Waals surface area contributed by atoms with Crippen molar-refractivity contribution in [3.8, 4) is 0 Å². The van der Waals surface area contributed by atoms with E-state index in [4.69, 9.17) is 11.6 Å². The third kappa shape index (κ3) is 2.49. The Hall–Kier alpha value is -1.52. The molecule has 2 nitrogen and oxygen atoms in total. The lowest BCUT2D eigenvalue weighted by Crippen LogP contribution is -2.20. The summed E-state index contributed by atoms with van der Waals surface area (Å²) in [5.74, 6) is -1.74. The van der Waals surface area contributed by atoms with E-state index in [1.807, 2.05) is 0 Å². The van der Waals surface area contributed by atoms with Crippen LogP contribution in [0.3, 0.4) is 0 Å². The maximum Gasteiger partial charge on any atom is 0.163 e. The molecule has 5 heteroatoms. The molecule has 0 aliphatic heterocycles. The van der Waals surface area contributed by atoms with Crippen molar-refractivity contribution in [3.63, 3.8) is 0 Å². The van der Waals surface area contributed by atoms with E-state index in [9.17, 15) is 8.78 Å². The Kier molecular flexibility index (Phi) is 3.89. The van der Waals surface area contributed by atoms with E-state index < -0.39 is 17.7 Å². The summed E-state index contributed by atoms with van der Waals surface area (Å²) in [5.41, 5.74) is 0.790. The summed E-state index contributed by atoms with van der Waals surface area (Å²) < 4.78 is 26.9. The summed E-state index contributed by atoms with van der Waals surface area (Å²) >= 11 is 5.75. The molecule has 0 fully saturated rings. The number of aromatic nitrogens is 1. The summed E-state index contributed by atoms with van der Waals surface area (Å²) in [6, 6.07) is 6.89. The molecule has 0 spiro atoms. The number of rotatable bonds is 3. The Balaban J connectivity index is 2.45. The molecule has 1 N–H and O–H groups in total. The Morgan fingerprint density at radius 3 is 2.61 bits per heavy atom. The fraction of sp³-hybridized carbons (Fsp3) is 0.154. The molecule has 0 aliphatic rings. The second kappa shape index (κ2) is 5.42. The van der Waals surface area contributed by atoms with Gasteiger partial charge in [0.1, 0.15) is 0 Å². The first kappa shape index (κ1) is 12.9.